The molecule has 0 radical (unpaired) electrons. The monoisotopic (exact) mass is 184 g/mol. The molecule has 14 heavy (non-hydrogen) atoms. The Morgan fingerprint density at radius 3 is 2.21 bits per heavy atom. The van der Waals surface area contributed by atoms with Crippen LogP contribution in [0, 0.1) is 0 Å². The summed E-state index contributed by atoms with van der Waals surface area (Å²) in [6.45, 7) is 0. The average Bonchev–Trinajstić information content (AvgIpc) is 2.18. The molecule has 0 aromatic heterocycles. The number of rotatable bonds is 0. The van der Waals surface area contributed by atoms with E-state index in [4.69, 9.17) is 0 Å². The molecule has 1 aliphatic rings. The standard InChI is InChI=1S/C12H8O2/c13-10-6-5-9-7-3-1-2-4-8(7)11(9)12(10)14/h1-6,13-14H. The van der Waals surface area contributed by atoms with Crippen LogP contribution in [0.5, 0.6) is 11.5 Å². The summed E-state index contributed by atoms with van der Waals surface area (Å²) < 4.78 is 0. The predicted octanol–water partition coefficient (Wildman–Crippen LogP) is 2.75. The molecule has 0 unspecified atom stereocenters. The molecule has 0 fully saturated rings. The zero-order valence-corrected chi connectivity index (χ0v) is 7.36. The Balaban J connectivity index is 2.34. The molecule has 0 atom stereocenters. The Hall–Kier alpha value is -1.96. The molecule has 0 amide bonds. The van der Waals surface area contributed by atoms with Gasteiger partial charge >= 0.3 is 0 Å². The fraction of sp³-hybridized carbons (Fsp3) is 0. The minimum atomic E-state index is -0.0572. The second-order valence-electron chi connectivity index (χ2n) is 3.40. The largest absolute Gasteiger partial charge is 0.504 e. The van der Waals surface area contributed by atoms with E-state index in [9.17, 15) is 10.2 Å². The number of fused-ring (bicyclic) bond motifs is 4. The first kappa shape index (κ1) is 7.44. The first-order chi connectivity index (χ1) is 6.79. The molecule has 2 aromatic carbocycles. The van der Waals surface area contributed by atoms with Crippen LogP contribution in [-0.2, 0) is 0 Å². The smallest absolute Gasteiger partial charge is 0.166 e. The van der Waals surface area contributed by atoms with Crippen LogP contribution < -0.4 is 0 Å². The van der Waals surface area contributed by atoms with E-state index in [1.165, 1.54) is 6.07 Å². The van der Waals surface area contributed by atoms with Gasteiger partial charge in [0.25, 0.3) is 0 Å². The van der Waals surface area contributed by atoms with Crippen LogP contribution in [0.2, 0.25) is 0 Å². The Labute approximate surface area is 81.1 Å². The molecule has 0 spiro atoms. The van der Waals surface area contributed by atoms with Gasteiger partial charge in [0.1, 0.15) is 0 Å². The number of hydrogen-bond donors (Lipinski definition) is 2. The summed E-state index contributed by atoms with van der Waals surface area (Å²) >= 11 is 0. The van der Waals surface area contributed by atoms with Crippen LogP contribution in [0.4, 0.5) is 0 Å². The maximum atomic E-state index is 9.64. The molecule has 68 valence electrons. The summed E-state index contributed by atoms with van der Waals surface area (Å²) in [5.41, 5.74) is 3.92. The Kier molecular flexibility index (Phi) is 1.22. The molecule has 0 saturated heterocycles. The number of phenols is 2. The Bertz CT molecular complexity index is 530. The zero-order chi connectivity index (χ0) is 9.71. The number of aromatic hydroxyl groups is 2. The highest BCUT2D eigenvalue weighted by molar-refractivity contribution is 6.05. The highest BCUT2D eigenvalue weighted by atomic mass is 16.3. The van der Waals surface area contributed by atoms with E-state index in [2.05, 4.69) is 0 Å². The van der Waals surface area contributed by atoms with E-state index in [1.807, 2.05) is 30.3 Å². The van der Waals surface area contributed by atoms with Gasteiger partial charge in [0.15, 0.2) is 11.5 Å². The van der Waals surface area contributed by atoms with Crippen LogP contribution in [0.3, 0.4) is 0 Å². The normalized spacial score (nSPS) is 11.4. The van der Waals surface area contributed by atoms with E-state index in [0.717, 1.165) is 22.3 Å². The molecular weight excluding hydrogens is 176 g/mol. The second-order valence-corrected chi connectivity index (χ2v) is 3.40. The van der Waals surface area contributed by atoms with Gasteiger partial charge in [0.05, 0.1) is 0 Å². The third-order valence-corrected chi connectivity index (χ3v) is 2.64. The SMILES string of the molecule is Oc1ccc2c(c1O)-c1ccccc1-2. The van der Waals surface area contributed by atoms with Gasteiger partial charge in [-0.3, -0.25) is 0 Å². The van der Waals surface area contributed by atoms with Gasteiger partial charge in [-0.2, -0.15) is 0 Å². The number of hydrogen-bond acceptors (Lipinski definition) is 2. The van der Waals surface area contributed by atoms with Crippen molar-refractivity contribution >= 4 is 0 Å². The lowest BCUT2D eigenvalue weighted by molar-refractivity contribution is 0.405. The molecule has 2 N–H and O–H groups in total. The van der Waals surface area contributed by atoms with Crippen molar-refractivity contribution in [3.8, 4) is 33.8 Å². The molecule has 0 aliphatic heterocycles. The topological polar surface area (TPSA) is 40.5 Å². The van der Waals surface area contributed by atoms with Crippen LogP contribution in [0.1, 0.15) is 0 Å². The van der Waals surface area contributed by atoms with Crippen molar-refractivity contribution in [3.05, 3.63) is 36.4 Å². The fourth-order valence-corrected chi connectivity index (χ4v) is 1.95. The summed E-state index contributed by atoms with van der Waals surface area (Å²) in [6, 6.07) is 11.2. The molecule has 0 saturated carbocycles. The highest BCUT2D eigenvalue weighted by Gasteiger charge is 2.26. The van der Waals surface area contributed by atoms with Crippen molar-refractivity contribution in [1.82, 2.24) is 0 Å². The van der Waals surface area contributed by atoms with Crippen molar-refractivity contribution in [3.63, 3.8) is 0 Å². The van der Waals surface area contributed by atoms with E-state index in [1.54, 1.807) is 0 Å². The fourth-order valence-electron chi connectivity index (χ4n) is 1.95. The van der Waals surface area contributed by atoms with Crippen LogP contribution in [0.15, 0.2) is 36.4 Å². The third-order valence-electron chi connectivity index (χ3n) is 2.64. The zero-order valence-electron chi connectivity index (χ0n) is 7.36. The molecule has 0 heterocycles. The Morgan fingerprint density at radius 1 is 0.714 bits per heavy atom. The number of benzene rings is 2. The van der Waals surface area contributed by atoms with E-state index in [-0.39, 0.29) is 11.5 Å². The lowest BCUT2D eigenvalue weighted by Crippen LogP contribution is -1.98. The van der Waals surface area contributed by atoms with E-state index >= 15 is 0 Å². The summed E-state index contributed by atoms with van der Waals surface area (Å²) in [5, 5.41) is 19.0. The molecule has 0 bridgehead atoms. The second kappa shape index (κ2) is 2.29. The minimum Gasteiger partial charge on any atom is -0.504 e. The average molecular weight is 184 g/mol. The van der Waals surface area contributed by atoms with Crippen molar-refractivity contribution in [2.75, 3.05) is 0 Å². The van der Waals surface area contributed by atoms with Crippen molar-refractivity contribution in [2.24, 2.45) is 0 Å². The molecular formula is C12H8O2. The maximum Gasteiger partial charge on any atom is 0.166 e. The first-order valence-electron chi connectivity index (χ1n) is 4.44. The summed E-state index contributed by atoms with van der Waals surface area (Å²) in [5.74, 6) is -0.0700. The lowest BCUT2D eigenvalue weighted by Gasteiger charge is -2.24. The van der Waals surface area contributed by atoms with Gasteiger partial charge in [0.2, 0.25) is 0 Å². The van der Waals surface area contributed by atoms with E-state index < -0.39 is 0 Å². The van der Waals surface area contributed by atoms with Gasteiger partial charge in [-0.25, -0.2) is 0 Å². The van der Waals surface area contributed by atoms with Gasteiger partial charge in [-0.15, -0.1) is 0 Å². The molecule has 2 heteroatoms. The Morgan fingerprint density at radius 2 is 1.43 bits per heavy atom. The third kappa shape index (κ3) is 0.708. The summed E-state index contributed by atoms with van der Waals surface area (Å²) in [6.07, 6.45) is 0. The summed E-state index contributed by atoms with van der Waals surface area (Å²) in [7, 11) is 0. The quantitative estimate of drug-likeness (QED) is 0.527. The van der Waals surface area contributed by atoms with Crippen molar-refractivity contribution in [2.45, 2.75) is 0 Å². The van der Waals surface area contributed by atoms with Gasteiger partial charge < -0.3 is 10.2 Å². The number of phenolic OH excluding ortho intramolecular Hbond substituents is 2. The van der Waals surface area contributed by atoms with Gasteiger partial charge in [-0.1, -0.05) is 24.3 Å². The van der Waals surface area contributed by atoms with E-state index in [0.29, 0.717) is 0 Å². The maximum absolute atomic E-state index is 9.64. The van der Waals surface area contributed by atoms with Crippen LogP contribution in [-0.4, -0.2) is 10.2 Å². The highest BCUT2D eigenvalue weighted by Crippen LogP contribution is 2.53. The minimum absolute atomic E-state index is 0.0128. The van der Waals surface area contributed by atoms with Gasteiger partial charge in [-0.05, 0) is 28.8 Å². The van der Waals surface area contributed by atoms with Crippen LogP contribution >= 0.6 is 0 Å². The van der Waals surface area contributed by atoms with Gasteiger partial charge in [0, 0.05) is 5.56 Å². The van der Waals surface area contributed by atoms with Crippen molar-refractivity contribution in [1.29, 1.82) is 0 Å². The molecule has 2 aromatic rings. The van der Waals surface area contributed by atoms with Crippen molar-refractivity contribution < 1.29 is 10.2 Å². The molecule has 1 aliphatic carbocycles. The first-order valence-corrected chi connectivity index (χ1v) is 4.44. The summed E-state index contributed by atoms with van der Waals surface area (Å²) in [4.78, 5) is 0. The molecule has 3 rings (SSSR count). The predicted molar refractivity (Wildman–Crippen MR) is 54.2 cm³/mol. The molecule has 2 nitrogen and oxygen atoms in total. The lowest BCUT2D eigenvalue weighted by atomic mass is 9.80. The van der Waals surface area contributed by atoms with Crippen LogP contribution in [0.25, 0.3) is 22.3 Å².